The first-order valence-corrected chi connectivity index (χ1v) is 7.28. The van der Waals surface area contributed by atoms with E-state index in [1.807, 2.05) is 6.92 Å². The second-order valence-electron chi connectivity index (χ2n) is 4.96. The highest BCUT2D eigenvalue weighted by atomic mass is 32.1. The molecule has 2 aromatic rings. The zero-order valence-corrected chi connectivity index (χ0v) is 12.2. The SMILES string of the molecule is Cc1cn(C)nc1C(=O)Nc1sc2c(c1C#N)CCC2. The van der Waals surface area contributed by atoms with Gasteiger partial charge in [0.2, 0.25) is 0 Å². The molecule has 0 saturated carbocycles. The third-order valence-corrected chi connectivity index (χ3v) is 4.69. The van der Waals surface area contributed by atoms with Gasteiger partial charge in [0.05, 0.1) is 5.56 Å². The zero-order valence-electron chi connectivity index (χ0n) is 11.4. The van der Waals surface area contributed by atoms with Crippen LogP contribution in [-0.2, 0) is 19.9 Å². The molecular weight excluding hydrogens is 272 g/mol. The van der Waals surface area contributed by atoms with Crippen LogP contribution in [0.4, 0.5) is 5.00 Å². The monoisotopic (exact) mass is 286 g/mol. The van der Waals surface area contributed by atoms with Crippen molar-refractivity contribution in [1.82, 2.24) is 9.78 Å². The van der Waals surface area contributed by atoms with Crippen molar-refractivity contribution in [1.29, 1.82) is 5.26 Å². The van der Waals surface area contributed by atoms with Gasteiger partial charge in [0, 0.05) is 23.7 Å². The van der Waals surface area contributed by atoms with E-state index in [1.165, 1.54) is 16.2 Å². The fourth-order valence-electron chi connectivity index (χ4n) is 2.60. The lowest BCUT2D eigenvalue weighted by molar-refractivity contribution is 0.102. The van der Waals surface area contributed by atoms with Gasteiger partial charge in [-0.25, -0.2) is 0 Å². The topological polar surface area (TPSA) is 70.7 Å². The predicted molar refractivity (Wildman–Crippen MR) is 77.0 cm³/mol. The molecule has 0 atom stereocenters. The summed E-state index contributed by atoms with van der Waals surface area (Å²) < 4.78 is 1.61. The number of nitriles is 1. The molecule has 0 bridgehead atoms. The highest BCUT2D eigenvalue weighted by molar-refractivity contribution is 7.16. The zero-order chi connectivity index (χ0) is 14.3. The molecule has 6 heteroatoms. The lowest BCUT2D eigenvalue weighted by atomic mass is 10.1. The van der Waals surface area contributed by atoms with Gasteiger partial charge in [-0.2, -0.15) is 10.4 Å². The Hall–Kier alpha value is -2.13. The number of carbonyl (C=O) groups is 1. The molecule has 1 aliphatic rings. The Labute approximate surface area is 120 Å². The summed E-state index contributed by atoms with van der Waals surface area (Å²) in [5.41, 5.74) is 2.98. The smallest absolute Gasteiger partial charge is 0.277 e. The Balaban J connectivity index is 1.91. The van der Waals surface area contributed by atoms with Crippen molar-refractivity contribution in [2.45, 2.75) is 26.2 Å². The number of anilines is 1. The third kappa shape index (κ3) is 2.00. The number of carbonyl (C=O) groups excluding carboxylic acids is 1. The van der Waals surface area contributed by atoms with Gasteiger partial charge in [-0.1, -0.05) is 0 Å². The quantitative estimate of drug-likeness (QED) is 0.921. The van der Waals surface area contributed by atoms with Gasteiger partial charge in [-0.3, -0.25) is 9.48 Å². The van der Waals surface area contributed by atoms with Crippen LogP contribution >= 0.6 is 11.3 Å². The largest absolute Gasteiger partial charge is 0.311 e. The summed E-state index contributed by atoms with van der Waals surface area (Å²) in [5.74, 6) is -0.250. The molecule has 0 spiro atoms. The molecule has 0 unspecified atom stereocenters. The minimum Gasteiger partial charge on any atom is -0.311 e. The number of fused-ring (bicyclic) bond motifs is 1. The molecule has 102 valence electrons. The molecule has 1 amide bonds. The van der Waals surface area contributed by atoms with Crippen molar-refractivity contribution in [2.75, 3.05) is 5.32 Å². The first kappa shape index (κ1) is 12.9. The first-order valence-electron chi connectivity index (χ1n) is 6.46. The summed E-state index contributed by atoms with van der Waals surface area (Å²) in [4.78, 5) is 13.5. The van der Waals surface area contributed by atoms with Crippen LogP contribution in [0.2, 0.25) is 0 Å². The highest BCUT2D eigenvalue weighted by Crippen LogP contribution is 2.38. The molecule has 2 heterocycles. The van der Waals surface area contributed by atoms with Crippen LogP contribution < -0.4 is 5.32 Å². The second-order valence-corrected chi connectivity index (χ2v) is 6.07. The molecular formula is C14H14N4OS. The minimum absolute atomic E-state index is 0.250. The Morgan fingerprint density at radius 3 is 3.00 bits per heavy atom. The summed E-state index contributed by atoms with van der Waals surface area (Å²) in [7, 11) is 1.78. The van der Waals surface area contributed by atoms with Crippen LogP contribution in [0.15, 0.2) is 6.20 Å². The fourth-order valence-corrected chi connectivity index (χ4v) is 3.84. The number of hydrogen-bond donors (Lipinski definition) is 1. The average Bonchev–Trinajstić information content (AvgIpc) is 3.03. The number of rotatable bonds is 2. The third-order valence-electron chi connectivity index (χ3n) is 3.49. The molecule has 0 saturated heterocycles. The molecule has 3 rings (SSSR count). The van der Waals surface area contributed by atoms with Crippen molar-refractivity contribution in [3.8, 4) is 6.07 Å². The average molecular weight is 286 g/mol. The van der Waals surface area contributed by atoms with E-state index in [9.17, 15) is 10.1 Å². The Kier molecular flexibility index (Phi) is 3.07. The van der Waals surface area contributed by atoms with Crippen molar-refractivity contribution in [2.24, 2.45) is 7.05 Å². The predicted octanol–water partition coefficient (Wildman–Crippen LogP) is 2.40. The van der Waals surface area contributed by atoms with Crippen LogP contribution in [0.25, 0.3) is 0 Å². The Morgan fingerprint density at radius 1 is 1.55 bits per heavy atom. The molecule has 1 aliphatic carbocycles. The van der Waals surface area contributed by atoms with E-state index in [2.05, 4.69) is 16.5 Å². The van der Waals surface area contributed by atoms with Gasteiger partial charge in [-0.05, 0) is 31.7 Å². The lowest BCUT2D eigenvalue weighted by Gasteiger charge is -2.02. The van der Waals surface area contributed by atoms with Crippen molar-refractivity contribution in [3.63, 3.8) is 0 Å². The van der Waals surface area contributed by atoms with Crippen LogP contribution in [0.1, 0.15) is 38.5 Å². The summed E-state index contributed by atoms with van der Waals surface area (Å²) in [6, 6.07) is 2.22. The van der Waals surface area contributed by atoms with Crippen molar-refractivity contribution >= 4 is 22.2 Å². The number of thiophene rings is 1. The van der Waals surface area contributed by atoms with Crippen LogP contribution in [-0.4, -0.2) is 15.7 Å². The number of amides is 1. The molecule has 20 heavy (non-hydrogen) atoms. The maximum atomic E-state index is 12.3. The molecule has 1 N–H and O–H groups in total. The van der Waals surface area contributed by atoms with Crippen LogP contribution in [0.3, 0.4) is 0 Å². The van der Waals surface area contributed by atoms with Crippen LogP contribution in [0.5, 0.6) is 0 Å². The van der Waals surface area contributed by atoms with E-state index in [0.717, 1.165) is 30.4 Å². The van der Waals surface area contributed by atoms with Gasteiger partial charge in [0.15, 0.2) is 5.69 Å². The summed E-state index contributed by atoms with van der Waals surface area (Å²) in [5, 5.41) is 17.0. The number of aromatic nitrogens is 2. The molecule has 0 fully saturated rings. The van der Waals surface area contributed by atoms with E-state index in [1.54, 1.807) is 17.9 Å². The van der Waals surface area contributed by atoms with Gasteiger partial charge in [0.1, 0.15) is 11.1 Å². The Morgan fingerprint density at radius 2 is 2.35 bits per heavy atom. The summed E-state index contributed by atoms with van der Waals surface area (Å²) >= 11 is 1.52. The number of aryl methyl sites for hydroxylation is 3. The lowest BCUT2D eigenvalue weighted by Crippen LogP contribution is -2.14. The fraction of sp³-hybridized carbons (Fsp3) is 0.357. The van der Waals surface area contributed by atoms with Gasteiger partial charge in [-0.15, -0.1) is 11.3 Å². The molecule has 5 nitrogen and oxygen atoms in total. The molecule has 0 radical (unpaired) electrons. The van der Waals surface area contributed by atoms with E-state index >= 15 is 0 Å². The normalized spacial score (nSPS) is 13.1. The standard InChI is InChI=1S/C14H14N4OS/c1-8-7-18(2)17-12(8)13(19)16-14-10(6-15)9-4-3-5-11(9)20-14/h7H,3-5H2,1-2H3,(H,16,19). The Bertz CT molecular complexity index is 735. The van der Waals surface area contributed by atoms with Gasteiger partial charge < -0.3 is 5.32 Å². The van der Waals surface area contributed by atoms with Gasteiger partial charge in [0.25, 0.3) is 5.91 Å². The maximum Gasteiger partial charge on any atom is 0.277 e. The molecule has 0 aliphatic heterocycles. The van der Waals surface area contributed by atoms with Crippen LogP contribution in [0, 0.1) is 18.3 Å². The summed E-state index contributed by atoms with van der Waals surface area (Å²) in [6.07, 6.45) is 4.85. The highest BCUT2D eigenvalue weighted by Gasteiger charge is 2.24. The number of nitrogens with zero attached hydrogens (tertiary/aromatic N) is 3. The maximum absolute atomic E-state index is 12.3. The second kappa shape index (κ2) is 4.76. The number of hydrogen-bond acceptors (Lipinski definition) is 4. The van der Waals surface area contributed by atoms with Crippen molar-refractivity contribution < 1.29 is 4.79 Å². The summed E-state index contributed by atoms with van der Waals surface area (Å²) in [6.45, 7) is 1.85. The number of nitrogens with one attached hydrogen (secondary N) is 1. The van der Waals surface area contributed by atoms with E-state index in [4.69, 9.17) is 0 Å². The van der Waals surface area contributed by atoms with E-state index in [0.29, 0.717) is 16.3 Å². The van der Waals surface area contributed by atoms with Gasteiger partial charge >= 0.3 is 0 Å². The first-order chi connectivity index (χ1) is 9.60. The molecule has 0 aromatic carbocycles. The van der Waals surface area contributed by atoms with Crippen molar-refractivity contribution in [3.05, 3.63) is 33.5 Å². The van der Waals surface area contributed by atoms with E-state index in [-0.39, 0.29) is 5.91 Å². The van der Waals surface area contributed by atoms with E-state index < -0.39 is 0 Å². The minimum atomic E-state index is -0.250. The molecule has 2 aromatic heterocycles.